The van der Waals surface area contributed by atoms with Crippen LogP contribution in [0.5, 0.6) is 0 Å². The number of aryl methyl sites for hydroxylation is 1. The number of hydrogen-bond acceptors (Lipinski definition) is 2. The van der Waals surface area contributed by atoms with Gasteiger partial charge in [-0.15, -0.1) is 0 Å². The Labute approximate surface area is 83.7 Å². The van der Waals surface area contributed by atoms with Gasteiger partial charge in [-0.2, -0.15) is 5.10 Å². The Morgan fingerprint density at radius 3 is 2.69 bits per heavy atom. The molecule has 1 aromatic heterocycles. The minimum absolute atomic E-state index is 0.660. The molecule has 1 aliphatic carbocycles. The molecule has 1 aromatic rings. The van der Waals surface area contributed by atoms with Crippen LogP contribution in [-0.4, -0.2) is 20.9 Å². The Hall–Kier alpha value is -0.840. The van der Waals surface area contributed by atoms with Gasteiger partial charge in [-0.25, -0.2) is 0 Å². The molecule has 1 N–H and O–H groups in total. The van der Waals surface area contributed by atoms with Gasteiger partial charge < -0.3 is 5.11 Å². The average molecular weight is 245 g/mol. The summed E-state index contributed by atoms with van der Waals surface area (Å²) in [5.41, 5.74) is 0.134. The smallest absolute Gasteiger partial charge is 0.314 e. The predicted octanol–water partition coefficient (Wildman–Crippen LogP) is 1.30. The average Bonchev–Trinajstić information content (AvgIpc) is 2.80. The van der Waals surface area contributed by atoms with Crippen molar-refractivity contribution in [3.8, 4) is 0 Å². The van der Waals surface area contributed by atoms with Gasteiger partial charge >= 0.3 is 5.97 Å². The second kappa shape index (κ2) is 2.57. The topological polar surface area (TPSA) is 55.1 Å². The van der Waals surface area contributed by atoms with E-state index in [0.717, 1.165) is 10.2 Å². The molecule has 1 aliphatic rings. The molecule has 0 aliphatic heterocycles. The van der Waals surface area contributed by atoms with E-state index >= 15 is 0 Å². The highest BCUT2D eigenvalue weighted by Crippen LogP contribution is 2.50. The van der Waals surface area contributed by atoms with Crippen LogP contribution in [0, 0.1) is 0 Å². The van der Waals surface area contributed by atoms with Gasteiger partial charge in [-0.05, 0) is 28.8 Å². The van der Waals surface area contributed by atoms with E-state index in [2.05, 4.69) is 21.0 Å². The zero-order valence-corrected chi connectivity index (χ0v) is 8.71. The van der Waals surface area contributed by atoms with E-state index in [1.807, 2.05) is 0 Å². The van der Waals surface area contributed by atoms with Crippen molar-refractivity contribution in [3.05, 3.63) is 16.4 Å². The molecule has 1 saturated carbocycles. The van der Waals surface area contributed by atoms with Gasteiger partial charge in [0.25, 0.3) is 0 Å². The standard InChI is InChI=1S/C8H9BrN2O2/c1-11-6(9)5(4-10-11)8(2-3-8)7(12)13/h4H,2-3H2,1H3,(H,12,13). The number of halogens is 1. The Morgan fingerprint density at radius 2 is 2.38 bits per heavy atom. The summed E-state index contributed by atoms with van der Waals surface area (Å²) >= 11 is 3.33. The summed E-state index contributed by atoms with van der Waals surface area (Å²) < 4.78 is 2.41. The van der Waals surface area contributed by atoms with Gasteiger partial charge in [0.05, 0.1) is 11.6 Å². The first-order chi connectivity index (χ1) is 6.08. The molecule has 0 spiro atoms. The fourth-order valence-electron chi connectivity index (χ4n) is 1.47. The lowest BCUT2D eigenvalue weighted by Gasteiger charge is -2.07. The van der Waals surface area contributed by atoms with Crippen LogP contribution in [-0.2, 0) is 17.3 Å². The van der Waals surface area contributed by atoms with Crippen molar-refractivity contribution in [2.45, 2.75) is 18.3 Å². The first-order valence-electron chi connectivity index (χ1n) is 3.99. The van der Waals surface area contributed by atoms with Crippen molar-refractivity contribution < 1.29 is 9.90 Å². The van der Waals surface area contributed by atoms with Crippen LogP contribution < -0.4 is 0 Å². The summed E-state index contributed by atoms with van der Waals surface area (Å²) in [5.74, 6) is -0.749. The number of carboxylic acid groups (broad SMARTS) is 1. The molecule has 13 heavy (non-hydrogen) atoms. The molecule has 70 valence electrons. The third-order valence-electron chi connectivity index (χ3n) is 2.54. The molecule has 0 radical (unpaired) electrons. The van der Waals surface area contributed by atoms with E-state index in [1.54, 1.807) is 17.9 Å². The molecule has 1 fully saturated rings. The Bertz CT molecular complexity index is 368. The fourth-order valence-corrected chi connectivity index (χ4v) is 2.04. The molecule has 2 rings (SSSR count). The highest BCUT2D eigenvalue weighted by molar-refractivity contribution is 9.10. The number of rotatable bonds is 2. The second-order valence-corrected chi connectivity index (χ2v) is 4.11. The van der Waals surface area contributed by atoms with Crippen LogP contribution in [0.1, 0.15) is 18.4 Å². The maximum atomic E-state index is 11.0. The molecule has 0 amide bonds. The van der Waals surface area contributed by atoms with Crippen LogP contribution in [0.15, 0.2) is 10.8 Å². The Morgan fingerprint density at radius 1 is 1.77 bits per heavy atom. The van der Waals surface area contributed by atoms with Crippen LogP contribution in [0.3, 0.4) is 0 Å². The zero-order chi connectivity index (χ0) is 9.64. The minimum Gasteiger partial charge on any atom is -0.481 e. The predicted molar refractivity (Wildman–Crippen MR) is 49.5 cm³/mol. The van der Waals surface area contributed by atoms with Crippen molar-refractivity contribution in [2.24, 2.45) is 7.05 Å². The summed E-state index contributed by atoms with van der Waals surface area (Å²) in [4.78, 5) is 11.0. The zero-order valence-electron chi connectivity index (χ0n) is 7.12. The van der Waals surface area contributed by atoms with E-state index < -0.39 is 11.4 Å². The molecule has 0 atom stereocenters. The van der Waals surface area contributed by atoms with Gasteiger partial charge in [0.1, 0.15) is 4.60 Å². The first kappa shape index (κ1) is 8.74. The molecule has 5 heteroatoms. The van der Waals surface area contributed by atoms with Crippen molar-refractivity contribution in [1.29, 1.82) is 0 Å². The normalized spacial score (nSPS) is 18.6. The summed E-state index contributed by atoms with van der Waals surface area (Å²) in [6.45, 7) is 0. The number of nitrogens with zero attached hydrogens (tertiary/aromatic N) is 2. The highest BCUT2D eigenvalue weighted by atomic mass is 79.9. The summed E-state index contributed by atoms with van der Waals surface area (Å²) in [7, 11) is 1.78. The molecule has 0 unspecified atom stereocenters. The van der Waals surface area contributed by atoms with E-state index in [0.29, 0.717) is 12.8 Å². The molecule has 4 nitrogen and oxygen atoms in total. The van der Waals surface area contributed by atoms with Gasteiger partial charge in [0.2, 0.25) is 0 Å². The van der Waals surface area contributed by atoms with Crippen molar-refractivity contribution >= 4 is 21.9 Å². The lowest BCUT2D eigenvalue weighted by molar-refractivity contribution is -0.140. The van der Waals surface area contributed by atoms with Crippen LogP contribution in [0.2, 0.25) is 0 Å². The largest absolute Gasteiger partial charge is 0.481 e. The maximum Gasteiger partial charge on any atom is 0.314 e. The molecular weight excluding hydrogens is 236 g/mol. The molecule has 0 aromatic carbocycles. The molecular formula is C8H9BrN2O2. The van der Waals surface area contributed by atoms with Gasteiger partial charge in [-0.3, -0.25) is 9.48 Å². The number of aliphatic carboxylic acids is 1. The summed E-state index contributed by atoms with van der Waals surface area (Å²) in [5, 5.41) is 13.0. The third-order valence-corrected chi connectivity index (χ3v) is 3.48. The van der Waals surface area contributed by atoms with Gasteiger partial charge in [0.15, 0.2) is 0 Å². The molecule has 1 heterocycles. The SMILES string of the molecule is Cn1ncc(C2(C(=O)O)CC2)c1Br. The van der Waals surface area contributed by atoms with E-state index in [-0.39, 0.29) is 0 Å². The highest BCUT2D eigenvalue weighted by Gasteiger charge is 2.53. The number of hydrogen-bond donors (Lipinski definition) is 1. The van der Waals surface area contributed by atoms with E-state index in [4.69, 9.17) is 5.11 Å². The Balaban J connectivity index is 2.46. The maximum absolute atomic E-state index is 11.0. The van der Waals surface area contributed by atoms with Crippen molar-refractivity contribution in [3.63, 3.8) is 0 Å². The quantitative estimate of drug-likeness (QED) is 0.854. The minimum atomic E-state index is -0.749. The second-order valence-electron chi connectivity index (χ2n) is 3.36. The van der Waals surface area contributed by atoms with E-state index in [1.165, 1.54) is 0 Å². The van der Waals surface area contributed by atoms with Crippen LogP contribution in [0.25, 0.3) is 0 Å². The van der Waals surface area contributed by atoms with Crippen LogP contribution >= 0.6 is 15.9 Å². The van der Waals surface area contributed by atoms with Gasteiger partial charge in [-0.1, -0.05) is 0 Å². The molecule has 0 bridgehead atoms. The number of carbonyl (C=O) groups is 1. The third kappa shape index (κ3) is 1.10. The lowest BCUT2D eigenvalue weighted by Crippen LogP contribution is -2.19. The van der Waals surface area contributed by atoms with Crippen molar-refractivity contribution in [1.82, 2.24) is 9.78 Å². The number of aromatic nitrogens is 2. The number of carboxylic acids is 1. The van der Waals surface area contributed by atoms with Crippen molar-refractivity contribution in [2.75, 3.05) is 0 Å². The summed E-state index contributed by atoms with van der Waals surface area (Å²) in [6, 6.07) is 0. The lowest BCUT2D eigenvalue weighted by atomic mass is 10.0. The Kier molecular flexibility index (Phi) is 1.73. The van der Waals surface area contributed by atoms with E-state index in [9.17, 15) is 4.79 Å². The van der Waals surface area contributed by atoms with Crippen LogP contribution in [0.4, 0.5) is 0 Å². The fraction of sp³-hybridized carbons (Fsp3) is 0.500. The van der Waals surface area contributed by atoms with Gasteiger partial charge in [0, 0.05) is 12.6 Å². The summed E-state index contributed by atoms with van der Waals surface area (Å²) in [6.07, 6.45) is 3.06. The monoisotopic (exact) mass is 244 g/mol. The first-order valence-corrected chi connectivity index (χ1v) is 4.78. The molecule has 0 saturated heterocycles.